The zero-order valence-corrected chi connectivity index (χ0v) is 16.6. The summed E-state index contributed by atoms with van der Waals surface area (Å²) in [4.78, 5) is 35.8. The third-order valence-corrected chi connectivity index (χ3v) is 4.59. The van der Waals surface area contributed by atoms with Crippen LogP contribution in [0.2, 0.25) is 0 Å². The molecule has 8 heteroatoms. The highest BCUT2D eigenvalue weighted by Gasteiger charge is 2.21. The number of sulfone groups is 1. The molecule has 1 atom stereocenters. The molecule has 7 nitrogen and oxygen atoms in total. The minimum atomic E-state index is -3.24. The number of benzene rings is 2. The molecule has 0 saturated carbocycles. The first-order chi connectivity index (χ1) is 13.0. The van der Waals surface area contributed by atoms with Crippen LogP contribution in [0.4, 0.5) is 5.69 Å². The molecule has 2 aromatic rings. The fourth-order valence-corrected chi connectivity index (χ4v) is 3.31. The summed E-state index contributed by atoms with van der Waals surface area (Å²) in [5.41, 5.74) is 1.52. The average molecular weight is 403 g/mol. The maximum Gasteiger partial charge on any atom is 0.338 e. The van der Waals surface area contributed by atoms with E-state index in [1.165, 1.54) is 38.1 Å². The molecule has 0 unspecified atom stereocenters. The molecule has 2 aromatic carbocycles. The van der Waals surface area contributed by atoms with Gasteiger partial charge in [-0.25, -0.2) is 13.2 Å². The van der Waals surface area contributed by atoms with Crippen LogP contribution in [0.1, 0.15) is 40.1 Å². The van der Waals surface area contributed by atoms with E-state index in [0.717, 1.165) is 6.26 Å². The van der Waals surface area contributed by atoms with Gasteiger partial charge < -0.3 is 10.1 Å². The van der Waals surface area contributed by atoms with Crippen LogP contribution in [0, 0.1) is 0 Å². The molecule has 2 rings (SSSR count). The van der Waals surface area contributed by atoms with Gasteiger partial charge in [0.2, 0.25) is 11.7 Å². The van der Waals surface area contributed by atoms with Crippen molar-refractivity contribution in [3.63, 3.8) is 0 Å². The first-order valence-electron chi connectivity index (χ1n) is 8.44. The second kappa shape index (κ2) is 8.79. The second-order valence-electron chi connectivity index (χ2n) is 6.44. The van der Waals surface area contributed by atoms with Crippen molar-refractivity contribution in [3.8, 4) is 0 Å². The van der Waals surface area contributed by atoms with E-state index in [1.807, 2.05) is 0 Å². The zero-order chi connectivity index (χ0) is 20.9. The van der Waals surface area contributed by atoms with Gasteiger partial charge >= 0.3 is 5.97 Å². The topological polar surface area (TPSA) is 107 Å². The minimum absolute atomic E-state index is 0.168. The van der Waals surface area contributed by atoms with Gasteiger partial charge in [0.1, 0.15) is 0 Å². The van der Waals surface area contributed by atoms with Crippen LogP contribution in [-0.2, 0) is 25.1 Å². The molecule has 28 heavy (non-hydrogen) atoms. The predicted octanol–water partition coefficient (Wildman–Crippen LogP) is 2.62. The lowest BCUT2D eigenvalue weighted by molar-refractivity contribution is -0.114. The summed E-state index contributed by atoms with van der Waals surface area (Å²) in [5.74, 6) is -1.52. The van der Waals surface area contributed by atoms with Gasteiger partial charge in [0.15, 0.2) is 15.9 Å². The molecule has 0 bridgehead atoms. The van der Waals surface area contributed by atoms with E-state index in [4.69, 9.17) is 4.74 Å². The van der Waals surface area contributed by atoms with Gasteiger partial charge in [0.25, 0.3) is 0 Å². The molecule has 0 saturated heterocycles. The van der Waals surface area contributed by atoms with E-state index >= 15 is 0 Å². The molecule has 0 heterocycles. The van der Waals surface area contributed by atoms with Crippen LogP contribution in [0.15, 0.2) is 48.5 Å². The molecule has 0 aliphatic rings. The molecule has 0 aromatic heterocycles. The number of rotatable bonds is 7. The first kappa shape index (κ1) is 21.3. The second-order valence-corrected chi connectivity index (χ2v) is 8.58. The summed E-state index contributed by atoms with van der Waals surface area (Å²) in [6.07, 6.45) is 0.0772. The molecule has 0 spiro atoms. The van der Waals surface area contributed by atoms with E-state index in [0.29, 0.717) is 16.8 Å². The molecular weight excluding hydrogens is 382 g/mol. The van der Waals surface area contributed by atoms with E-state index in [9.17, 15) is 22.8 Å². The maximum absolute atomic E-state index is 12.5. The minimum Gasteiger partial charge on any atom is -0.451 e. The van der Waals surface area contributed by atoms with Crippen LogP contribution < -0.4 is 5.32 Å². The Balaban J connectivity index is 2.06. The average Bonchev–Trinajstić information content (AvgIpc) is 2.60. The van der Waals surface area contributed by atoms with Crippen molar-refractivity contribution in [1.82, 2.24) is 0 Å². The van der Waals surface area contributed by atoms with Gasteiger partial charge in [0.05, 0.1) is 11.3 Å². The van der Waals surface area contributed by atoms with Gasteiger partial charge in [-0.05, 0) is 48.9 Å². The molecule has 0 aliphatic heterocycles. The standard InChI is InChI=1S/C20H21NO6S/c1-13(19(23)16-7-9-18(10-8-16)21-14(2)22)27-20(24)17-6-4-5-15(11-17)12-28(3,25)26/h4-11,13H,12H2,1-3H3,(H,21,22)/t13-/m0/s1. The first-order valence-corrected chi connectivity index (χ1v) is 10.5. The lowest BCUT2D eigenvalue weighted by Gasteiger charge is -2.13. The predicted molar refractivity (Wildman–Crippen MR) is 105 cm³/mol. The van der Waals surface area contributed by atoms with Crippen molar-refractivity contribution >= 4 is 33.2 Å². The summed E-state index contributed by atoms with van der Waals surface area (Å²) in [6.45, 7) is 2.84. The Hall–Kier alpha value is -3.00. The Morgan fingerprint density at radius 2 is 1.68 bits per heavy atom. The van der Waals surface area contributed by atoms with Crippen molar-refractivity contribution in [1.29, 1.82) is 0 Å². The summed E-state index contributed by atoms with van der Waals surface area (Å²) in [5, 5.41) is 2.60. The highest BCUT2D eigenvalue weighted by molar-refractivity contribution is 7.89. The molecule has 0 fully saturated rings. The lowest BCUT2D eigenvalue weighted by atomic mass is 10.1. The van der Waals surface area contributed by atoms with E-state index in [2.05, 4.69) is 5.32 Å². The molecular formula is C20H21NO6S. The van der Waals surface area contributed by atoms with Crippen molar-refractivity contribution in [2.24, 2.45) is 0 Å². The van der Waals surface area contributed by atoms with Crippen LogP contribution in [0.25, 0.3) is 0 Å². The number of carbonyl (C=O) groups excluding carboxylic acids is 3. The summed E-state index contributed by atoms with van der Waals surface area (Å²) in [6, 6.07) is 12.3. The SMILES string of the molecule is CC(=O)Nc1ccc(C(=O)[C@H](C)OC(=O)c2cccc(CS(C)(=O)=O)c2)cc1. The van der Waals surface area contributed by atoms with Crippen molar-refractivity contribution in [3.05, 3.63) is 65.2 Å². The van der Waals surface area contributed by atoms with E-state index < -0.39 is 27.7 Å². The Bertz CT molecular complexity index is 996. The van der Waals surface area contributed by atoms with Gasteiger partial charge in [-0.2, -0.15) is 0 Å². The lowest BCUT2D eigenvalue weighted by Crippen LogP contribution is -2.24. The third-order valence-electron chi connectivity index (χ3n) is 3.73. The molecule has 148 valence electrons. The van der Waals surface area contributed by atoms with Crippen LogP contribution >= 0.6 is 0 Å². The number of anilines is 1. The monoisotopic (exact) mass is 403 g/mol. The van der Waals surface area contributed by atoms with Crippen LogP contribution in [0.3, 0.4) is 0 Å². The number of esters is 1. The highest BCUT2D eigenvalue weighted by atomic mass is 32.2. The number of nitrogens with one attached hydrogen (secondary N) is 1. The van der Waals surface area contributed by atoms with E-state index in [-0.39, 0.29) is 17.2 Å². The number of carbonyl (C=O) groups is 3. The smallest absolute Gasteiger partial charge is 0.338 e. The van der Waals surface area contributed by atoms with Gasteiger partial charge in [-0.15, -0.1) is 0 Å². The Kier molecular flexibility index (Phi) is 6.69. The summed E-state index contributed by atoms with van der Waals surface area (Å²) in [7, 11) is -3.24. The Morgan fingerprint density at radius 3 is 2.25 bits per heavy atom. The largest absolute Gasteiger partial charge is 0.451 e. The van der Waals surface area contributed by atoms with Crippen molar-refractivity contribution in [2.75, 3.05) is 11.6 Å². The van der Waals surface area contributed by atoms with Gasteiger partial charge in [0, 0.05) is 24.4 Å². The number of hydrogen-bond donors (Lipinski definition) is 1. The van der Waals surface area contributed by atoms with Crippen molar-refractivity contribution in [2.45, 2.75) is 25.7 Å². The number of ketones is 1. The number of amides is 1. The fourth-order valence-electron chi connectivity index (χ4n) is 2.53. The normalized spacial score (nSPS) is 12.1. The zero-order valence-electron chi connectivity index (χ0n) is 15.8. The van der Waals surface area contributed by atoms with Crippen LogP contribution in [-0.4, -0.2) is 38.4 Å². The highest BCUT2D eigenvalue weighted by Crippen LogP contribution is 2.15. The number of ether oxygens (including phenoxy) is 1. The Labute approximate surface area is 163 Å². The molecule has 0 radical (unpaired) electrons. The van der Waals surface area contributed by atoms with Gasteiger partial charge in [-0.3, -0.25) is 9.59 Å². The third kappa shape index (κ3) is 6.31. The molecule has 1 N–H and O–H groups in total. The number of hydrogen-bond acceptors (Lipinski definition) is 6. The summed E-state index contributed by atoms with van der Waals surface area (Å²) < 4.78 is 28.0. The maximum atomic E-state index is 12.5. The molecule has 0 aliphatic carbocycles. The number of Topliss-reactive ketones (excluding diaryl/α,β-unsaturated/α-hetero) is 1. The van der Waals surface area contributed by atoms with Gasteiger partial charge in [-0.1, -0.05) is 12.1 Å². The van der Waals surface area contributed by atoms with Crippen LogP contribution in [0.5, 0.6) is 0 Å². The van der Waals surface area contributed by atoms with E-state index in [1.54, 1.807) is 24.3 Å². The Morgan fingerprint density at radius 1 is 1.04 bits per heavy atom. The van der Waals surface area contributed by atoms with Crippen molar-refractivity contribution < 1.29 is 27.5 Å². The summed E-state index contributed by atoms with van der Waals surface area (Å²) >= 11 is 0. The fraction of sp³-hybridized carbons (Fsp3) is 0.250. The molecule has 1 amide bonds. The quantitative estimate of drug-likeness (QED) is 0.563.